The second kappa shape index (κ2) is 4.78. The zero-order chi connectivity index (χ0) is 14.8. The monoisotopic (exact) mass is 294 g/mol. The molecule has 0 bridgehead atoms. The van der Waals surface area contributed by atoms with Gasteiger partial charge in [-0.25, -0.2) is 4.39 Å². The number of carbonyl (C=O) groups excluding carboxylic acids is 1. The first-order valence-corrected chi connectivity index (χ1v) is 8.85. The minimum Gasteiger partial charge on any atom is -0.393 e. The van der Waals surface area contributed by atoms with E-state index in [2.05, 4.69) is 6.92 Å². The van der Waals surface area contributed by atoms with E-state index >= 15 is 0 Å². The topological polar surface area (TPSA) is 37.3 Å². The summed E-state index contributed by atoms with van der Waals surface area (Å²) in [5, 5.41) is 10.4. The number of hydrogen-bond acceptors (Lipinski definition) is 2. The molecule has 8 atom stereocenters. The Hall–Kier alpha value is -0.440. The Morgan fingerprint density at radius 3 is 2.71 bits per heavy atom. The van der Waals surface area contributed by atoms with Crippen LogP contribution in [0, 0.1) is 35.0 Å². The van der Waals surface area contributed by atoms with Crippen molar-refractivity contribution in [1.82, 2.24) is 0 Å². The molecule has 0 aromatic carbocycles. The van der Waals surface area contributed by atoms with Gasteiger partial charge in [-0.15, -0.1) is 0 Å². The van der Waals surface area contributed by atoms with Gasteiger partial charge >= 0.3 is 0 Å². The number of aliphatic hydroxyl groups is 1. The van der Waals surface area contributed by atoms with Crippen molar-refractivity contribution in [3.63, 3.8) is 0 Å². The van der Waals surface area contributed by atoms with Crippen LogP contribution in [-0.4, -0.2) is 23.2 Å². The first kappa shape index (κ1) is 14.2. The highest BCUT2D eigenvalue weighted by molar-refractivity contribution is 5.84. The van der Waals surface area contributed by atoms with E-state index in [-0.39, 0.29) is 17.3 Å². The summed E-state index contributed by atoms with van der Waals surface area (Å²) in [4.78, 5) is 11.7. The van der Waals surface area contributed by atoms with Crippen LogP contribution in [0.5, 0.6) is 0 Å². The quantitative estimate of drug-likeness (QED) is 0.742. The van der Waals surface area contributed by atoms with Crippen LogP contribution >= 0.6 is 0 Å². The standard InChI is InChI=1S/C18H27FO2/c1-18-7-6-11-12(14(18)4-5-17(18)21)3-2-10-8-16(20)15(19)9-13(10)11/h10-15,17,21H,2-9H2,1H3/t10-,11-,12+,13-,14-,15?,17-,18-/m0/s1. The van der Waals surface area contributed by atoms with Crippen LogP contribution in [0.4, 0.5) is 4.39 Å². The van der Waals surface area contributed by atoms with E-state index in [1.165, 1.54) is 6.42 Å². The number of rotatable bonds is 0. The zero-order valence-corrected chi connectivity index (χ0v) is 12.9. The van der Waals surface area contributed by atoms with Crippen molar-refractivity contribution in [2.45, 2.75) is 70.6 Å². The maximum atomic E-state index is 13.9. The Morgan fingerprint density at radius 2 is 1.90 bits per heavy atom. The molecule has 0 radical (unpaired) electrons. The molecule has 0 aliphatic heterocycles. The van der Waals surface area contributed by atoms with Crippen molar-refractivity contribution in [1.29, 1.82) is 0 Å². The van der Waals surface area contributed by atoms with E-state index in [9.17, 15) is 14.3 Å². The molecule has 2 nitrogen and oxygen atoms in total. The maximum absolute atomic E-state index is 13.9. The minimum atomic E-state index is -1.20. The molecule has 0 amide bonds. The average Bonchev–Trinajstić information content (AvgIpc) is 2.76. The van der Waals surface area contributed by atoms with Gasteiger partial charge in [0.15, 0.2) is 12.0 Å². The van der Waals surface area contributed by atoms with E-state index in [0.29, 0.717) is 42.4 Å². The van der Waals surface area contributed by atoms with Crippen molar-refractivity contribution >= 4 is 5.78 Å². The lowest BCUT2D eigenvalue weighted by Crippen LogP contribution is -2.50. The molecule has 4 rings (SSSR count). The van der Waals surface area contributed by atoms with E-state index in [4.69, 9.17) is 0 Å². The third kappa shape index (κ3) is 1.95. The fraction of sp³-hybridized carbons (Fsp3) is 0.944. The van der Waals surface area contributed by atoms with E-state index in [1.807, 2.05) is 0 Å². The summed E-state index contributed by atoms with van der Waals surface area (Å²) in [7, 11) is 0. The first-order chi connectivity index (χ1) is 10.0. The smallest absolute Gasteiger partial charge is 0.167 e. The highest BCUT2D eigenvalue weighted by atomic mass is 19.1. The summed E-state index contributed by atoms with van der Waals surface area (Å²) in [6.45, 7) is 2.28. The highest BCUT2D eigenvalue weighted by Gasteiger charge is 2.57. The lowest BCUT2D eigenvalue weighted by atomic mass is 9.50. The molecule has 3 heteroatoms. The van der Waals surface area contributed by atoms with Crippen LogP contribution < -0.4 is 0 Å². The van der Waals surface area contributed by atoms with Crippen molar-refractivity contribution in [2.75, 3.05) is 0 Å². The molecule has 0 aromatic rings. The number of hydrogen-bond donors (Lipinski definition) is 1. The number of halogens is 1. The van der Waals surface area contributed by atoms with Gasteiger partial charge in [-0.1, -0.05) is 6.92 Å². The number of fused-ring (bicyclic) bond motifs is 5. The van der Waals surface area contributed by atoms with Crippen LogP contribution in [0.2, 0.25) is 0 Å². The van der Waals surface area contributed by atoms with Crippen LogP contribution in [0.15, 0.2) is 0 Å². The molecule has 118 valence electrons. The number of alkyl halides is 1. The Labute approximate surface area is 126 Å². The van der Waals surface area contributed by atoms with E-state index in [0.717, 1.165) is 32.1 Å². The van der Waals surface area contributed by atoms with Gasteiger partial charge in [-0.05, 0) is 80.0 Å². The number of ketones is 1. The molecule has 0 heterocycles. The molecular weight excluding hydrogens is 267 g/mol. The summed E-state index contributed by atoms with van der Waals surface area (Å²) < 4.78 is 13.9. The third-order valence-electron chi connectivity index (χ3n) is 7.76. The molecule has 21 heavy (non-hydrogen) atoms. The van der Waals surface area contributed by atoms with Crippen LogP contribution in [0.1, 0.15) is 58.3 Å². The molecule has 4 aliphatic rings. The molecule has 4 saturated carbocycles. The molecule has 1 unspecified atom stereocenters. The summed E-state index contributed by atoms with van der Waals surface area (Å²) in [5.74, 6) is 2.63. The molecule has 0 aromatic heterocycles. The summed E-state index contributed by atoms with van der Waals surface area (Å²) in [6.07, 6.45) is 6.25. The fourth-order valence-corrected chi connectivity index (χ4v) is 6.58. The number of carbonyl (C=O) groups is 1. The minimum absolute atomic E-state index is 0.105. The highest BCUT2D eigenvalue weighted by Crippen LogP contribution is 2.62. The summed E-state index contributed by atoms with van der Waals surface area (Å²) in [6, 6.07) is 0. The second-order valence-electron chi connectivity index (χ2n) is 8.45. The molecule has 1 N–H and O–H groups in total. The van der Waals surface area contributed by atoms with Crippen molar-refractivity contribution in [3.05, 3.63) is 0 Å². The van der Waals surface area contributed by atoms with Gasteiger partial charge < -0.3 is 5.11 Å². The van der Waals surface area contributed by atoms with Crippen molar-refractivity contribution in [3.8, 4) is 0 Å². The van der Waals surface area contributed by atoms with Gasteiger partial charge in [0, 0.05) is 6.42 Å². The fourth-order valence-electron chi connectivity index (χ4n) is 6.58. The zero-order valence-electron chi connectivity index (χ0n) is 12.9. The van der Waals surface area contributed by atoms with Gasteiger partial charge in [0.1, 0.15) is 0 Å². The van der Waals surface area contributed by atoms with Crippen LogP contribution in [-0.2, 0) is 4.79 Å². The molecule has 4 fully saturated rings. The SMILES string of the molecule is C[C@]12CC[C@H]3[C@@H](CC[C@H]4CC(=O)C(F)C[C@@H]43)[C@@H]1CC[C@@H]2O. The summed E-state index contributed by atoms with van der Waals surface area (Å²) in [5.41, 5.74) is 0.105. The molecular formula is C18H27FO2. The summed E-state index contributed by atoms with van der Waals surface area (Å²) >= 11 is 0. The van der Waals surface area contributed by atoms with Gasteiger partial charge in [0.05, 0.1) is 6.10 Å². The Kier molecular flexibility index (Phi) is 3.22. The normalized spacial score (nSPS) is 56.5. The Bertz CT molecular complexity index is 450. The predicted octanol–water partition coefficient (Wildman–Crippen LogP) is 3.52. The first-order valence-electron chi connectivity index (χ1n) is 8.85. The van der Waals surface area contributed by atoms with Crippen molar-refractivity contribution in [2.24, 2.45) is 35.0 Å². The molecule has 4 aliphatic carbocycles. The Balaban J connectivity index is 1.58. The van der Waals surface area contributed by atoms with Crippen molar-refractivity contribution < 1.29 is 14.3 Å². The number of Topliss-reactive ketones (excluding diaryl/α,β-unsaturated/α-hetero) is 1. The van der Waals surface area contributed by atoms with Gasteiger partial charge in [-0.2, -0.15) is 0 Å². The van der Waals surface area contributed by atoms with Gasteiger partial charge in [0.2, 0.25) is 0 Å². The third-order valence-corrected chi connectivity index (χ3v) is 7.76. The van der Waals surface area contributed by atoms with E-state index in [1.54, 1.807) is 0 Å². The maximum Gasteiger partial charge on any atom is 0.167 e. The number of aliphatic hydroxyl groups excluding tert-OH is 1. The van der Waals surface area contributed by atoms with Gasteiger partial charge in [-0.3, -0.25) is 4.79 Å². The van der Waals surface area contributed by atoms with E-state index < -0.39 is 6.17 Å². The average molecular weight is 294 g/mol. The predicted molar refractivity (Wildman–Crippen MR) is 78.4 cm³/mol. The molecule has 0 spiro atoms. The molecule has 0 saturated heterocycles. The Morgan fingerprint density at radius 1 is 1.10 bits per heavy atom. The van der Waals surface area contributed by atoms with Crippen LogP contribution in [0.25, 0.3) is 0 Å². The lowest BCUT2D eigenvalue weighted by molar-refractivity contribution is -0.135. The van der Waals surface area contributed by atoms with Gasteiger partial charge in [0.25, 0.3) is 0 Å². The lowest BCUT2D eigenvalue weighted by Gasteiger charge is -2.55. The largest absolute Gasteiger partial charge is 0.393 e. The second-order valence-corrected chi connectivity index (χ2v) is 8.45. The van der Waals surface area contributed by atoms with Crippen LogP contribution in [0.3, 0.4) is 0 Å².